The number of anilines is 1. The molecule has 0 spiro atoms. The molecule has 0 amide bonds. The highest BCUT2D eigenvalue weighted by atomic mass is 16.5. The van der Waals surface area contributed by atoms with Crippen LogP contribution in [0.4, 0.5) is 5.69 Å². The topological polar surface area (TPSA) is 35.2 Å². The molecule has 20 heavy (non-hydrogen) atoms. The number of unbranched alkanes of at least 4 members (excludes halogenated alkanes) is 1. The molecule has 0 aliphatic heterocycles. The molecular formula is C18H23NO. The molecule has 2 aromatic rings. The molecule has 0 aliphatic rings. The Bertz CT molecular complexity index is 516. The molecular weight excluding hydrogens is 246 g/mol. The fourth-order valence-corrected chi connectivity index (χ4v) is 2.15. The lowest BCUT2D eigenvalue weighted by Crippen LogP contribution is -2.03. The van der Waals surface area contributed by atoms with E-state index in [9.17, 15) is 0 Å². The Morgan fingerprint density at radius 2 is 1.65 bits per heavy atom. The second kappa shape index (κ2) is 6.99. The van der Waals surface area contributed by atoms with Crippen LogP contribution in [0.2, 0.25) is 0 Å². The van der Waals surface area contributed by atoms with Gasteiger partial charge in [0.05, 0.1) is 0 Å². The van der Waals surface area contributed by atoms with E-state index in [2.05, 4.69) is 38.1 Å². The van der Waals surface area contributed by atoms with E-state index in [0.717, 1.165) is 23.4 Å². The third-order valence-electron chi connectivity index (χ3n) is 3.46. The molecule has 106 valence electrons. The summed E-state index contributed by atoms with van der Waals surface area (Å²) in [6.45, 7) is 4.27. The zero-order valence-corrected chi connectivity index (χ0v) is 12.3. The van der Waals surface area contributed by atoms with Crippen LogP contribution in [-0.2, 0) is 6.42 Å². The van der Waals surface area contributed by atoms with Crippen molar-refractivity contribution in [3.63, 3.8) is 0 Å². The normalized spacial score (nSPS) is 12.1. The first-order valence-electron chi connectivity index (χ1n) is 7.30. The molecule has 2 heteroatoms. The predicted molar refractivity (Wildman–Crippen MR) is 85.0 cm³/mol. The zero-order valence-electron chi connectivity index (χ0n) is 12.3. The molecule has 2 rings (SSSR count). The van der Waals surface area contributed by atoms with Gasteiger partial charge in [-0.25, -0.2) is 0 Å². The minimum atomic E-state index is 0.0251. The molecule has 0 aliphatic carbocycles. The lowest BCUT2D eigenvalue weighted by atomic mass is 10.1. The molecule has 0 aromatic heterocycles. The first-order chi connectivity index (χ1) is 9.69. The average molecular weight is 269 g/mol. The highest BCUT2D eigenvalue weighted by Crippen LogP contribution is 2.23. The Hall–Kier alpha value is -1.96. The molecule has 0 bridgehead atoms. The van der Waals surface area contributed by atoms with E-state index in [0.29, 0.717) is 0 Å². The largest absolute Gasteiger partial charge is 0.486 e. The van der Waals surface area contributed by atoms with Crippen LogP contribution in [0, 0.1) is 0 Å². The van der Waals surface area contributed by atoms with Crippen LogP contribution in [0.25, 0.3) is 0 Å². The number of aryl methyl sites for hydroxylation is 1. The van der Waals surface area contributed by atoms with Crippen molar-refractivity contribution < 1.29 is 4.74 Å². The number of rotatable bonds is 6. The summed E-state index contributed by atoms with van der Waals surface area (Å²) in [6, 6.07) is 16.2. The summed E-state index contributed by atoms with van der Waals surface area (Å²) < 4.78 is 5.96. The third-order valence-corrected chi connectivity index (χ3v) is 3.46. The Morgan fingerprint density at radius 3 is 2.25 bits per heavy atom. The molecule has 2 nitrogen and oxygen atoms in total. The SMILES string of the molecule is CCCCc1ccc(OC(C)c2ccc(N)cc2)cc1. The van der Waals surface area contributed by atoms with Crippen molar-refractivity contribution in [3.8, 4) is 5.75 Å². The number of benzene rings is 2. The monoisotopic (exact) mass is 269 g/mol. The van der Waals surface area contributed by atoms with Gasteiger partial charge in [0.1, 0.15) is 11.9 Å². The summed E-state index contributed by atoms with van der Waals surface area (Å²) in [6.07, 6.45) is 3.63. The van der Waals surface area contributed by atoms with Crippen LogP contribution >= 0.6 is 0 Å². The van der Waals surface area contributed by atoms with Crippen LogP contribution in [-0.4, -0.2) is 0 Å². The van der Waals surface area contributed by atoms with Gasteiger partial charge in [-0.15, -0.1) is 0 Å². The summed E-state index contributed by atoms with van der Waals surface area (Å²) in [5.41, 5.74) is 8.98. The Labute approximate surface area is 121 Å². The molecule has 2 N–H and O–H groups in total. The summed E-state index contributed by atoms with van der Waals surface area (Å²) in [5.74, 6) is 0.912. The minimum Gasteiger partial charge on any atom is -0.486 e. The Kier molecular flexibility index (Phi) is 5.05. The van der Waals surface area contributed by atoms with E-state index < -0.39 is 0 Å². The van der Waals surface area contributed by atoms with Crippen molar-refractivity contribution in [2.24, 2.45) is 0 Å². The molecule has 0 heterocycles. The van der Waals surface area contributed by atoms with Gasteiger partial charge in [-0.05, 0) is 55.2 Å². The number of nitrogens with two attached hydrogens (primary N) is 1. The molecule has 0 saturated carbocycles. The lowest BCUT2D eigenvalue weighted by Gasteiger charge is -2.15. The predicted octanol–water partition coefficient (Wildman–Crippen LogP) is 4.75. The number of ether oxygens (including phenoxy) is 1. The van der Waals surface area contributed by atoms with Crippen molar-refractivity contribution >= 4 is 5.69 Å². The van der Waals surface area contributed by atoms with Crippen molar-refractivity contribution in [3.05, 3.63) is 59.7 Å². The maximum absolute atomic E-state index is 5.96. The van der Waals surface area contributed by atoms with Crippen molar-refractivity contribution in [1.29, 1.82) is 0 Å². The lowest BCUT2D eigenvalue weighted by molar-refractivity contribution is 0.227. The minimum absolute atomic E-state index is 0.0251. The van der Waals surface area contributed by atoms with Crippen molar-refractivity contribution in [1.82, 2.24) is 0 Å². The molecule has 1 unspecified atom stereocenters. The second-order valence-electron chi connectivity index (χ2n) is 5.17. The average Bonchev–Trinajstić information content (AvgIpc) is 2.47. The van der Waals surface area contributed by atoms with Gasteiger partial charge in [-0.3, -0.25) is 0 Å². The smallest absolute Gasteiger partial charge is 0.121 e. The van der Waals surface area contributed by atoms with E-state index in [1.165, 1.54) is 18.4 Å². The molecule has 0 fully saturated rings. The first kappa shape index (κ1) is 14.4. The van der Waals surface area contributed by atoms with E-state index >= 15 is 0 Å². The van der Waals surface area contributed by atoms with Crippen LogP contribution in [0.1, 0.15) is 43.9 Å². The van der Waals surface area contributed by atoms with Gasteiger partial charge in [0.15, 0.2) is 0 Å². The zero-order chi connectivity index (χ0) is 14.4. The van der Waals surface area contributed by atoms with Crippen LogP contribution in [0.5, 0.6) is 5.75 Å². The molecule has 1 atom stereocenters. The van der Waals surface area contributed by atoms with Crippen LogP contribution < -0.4 is 10.5 Å². The standard InChI is InChI=1S/C18H23NO/c1-3-4-5-15-6-12-18(13-7-15)20-14(2)16-8-10-17(19)11-9-16/h6-14H,3-5,19H2,1-2H3. The number of hydrogen-bond donors (Lipinski definition) is 1. The van der Waals surface area contributed by atoms with Gasteiger partial charge < -0.3 is 10.5 Å². The summed E-state index contributed by atoms with van der Waals surface area (Å²) in [4.78, 5) is 0. The summed E-state index contributed by atoms with van der Waals surface area (Å²) in [7, 11) is 0. The van der Waals surface area contributed by atoms with Gasteiger partial charge in [0, 0.05) is 5.69 Å². The molecule has 0 saturated heterocycles. The Morgan fingerprint density at radius 1 is 1.00 bits per heavy atom. The maximum Gasteiger partial charge on any atom is 0.121 e. The number of nitrogen functional groups attached to an aromatic ring is 1. The number of hydrogen-bond acceptors (Lipinski definition) is 2. The van der Waals surface area contributed by atoms with Gasteiger partial charge in [0.25, 0.3) is 0 Å². The van der Waals surface area contributed by atoms with Crippen LogP contribution in [0.3, 0.4) is 0 Å². The summed E-state index contributed by atoms with van der Waals surface area (Å²) >= 11 is 0. The van der Waals surface area contributed by atoms with Crippen molar-refractivity contribution in [2.45, 2.75) is 39.2 Å². The van der Waals surface area contributed by atoms with E-state index in [1.54, 1.807) is 0 Å². The second-order valence-corrected chi connectivity index (χ2v) is 5.17. The van der Waals surface area contributed by atoms with Gasteiger partial charge in [0.2, 0.25) is 0 Å². The summed E-state index contributed by atoms with van der Waals surface area (Å²) in [5, 5.41) is 0. The van der Waals surface area contributed by atoms with Crippen LogP contribution in [0.15, 0.2) is 48.5 Å². The fraction of sp³-hybridized carbons (Fsp3) is 0.333. The van der Waals surface area contributed by atoms with E-state index in [1.807, 2.05) is 24.3 Å². The highest BCUT2D eigenvalue weighted by Gasteiger charge is 2.07. The maximum atomic E-state index is 5.96. The van der Waals surface area contributed by atoms with E-state index in [4.69, 9.17) is 10.5 Å². The van der Waals surface area contributed by atoms with Gasteiger partial charge in [-0.2, -0.15) is 0 Å². The Balaban J connectivity index is 1.97. The van der Waals surface area contributed by atoms with Gasteiger partial charge >= 0.3 is 0 Å². The van der Waals surface area contributed by atoms with E-state index in [-0.39, 0.29) is 6.10 Å². The third kappa shape index (κ3) is 4.02. The van der Waals surface area contributed by atoms with Gasteiger partial charge in [-0.1, -0.05) is 37.6 Å². The highest BCUT2D eigenvalue weighted by molar-refractivity contribution is 5.40. The molecule has 0 radical (unpaired) electrons. The quantitative estimate of drug-likeness (QED) is 0.768. The molecule has 2 aromatic carbocycles. The van der Waals surface area contributed by atoms with Crippen molar-refractivity contribution in [2.75, 3.05) is 5.73 Å². The fourth-order valence-electron chi connectivity index (χ4n) is 2.15. The first-order valence-corrected chi connectivity index (χ1v) is 7.30.